The predicted molar refractivity (Wildman–Crippen MR) is 215 cm³/mol. The summed E-state index contributed by atoms with van der Waals surface area (Å²) in [6, 6.07) is 27.1. The van der Waals surface area contributed by atoms with Gasteiger partial charge in [-0.3, -0.25) is 0 Å². The third kappa shape index (κ3) is 13.7. The van der Waals surface area contributed by atoms with E-state index >= 15 is 0 Å². The monoisotopic (exact) mass is 772 g/mol. The fourth-order valence-electron chi connectivity index (χ4n) is 4.77. The van der Waals surface area contributed by atoms with Crippen LogP contribution in [0.3, 0.4) is 0 Å². The van der Waals surface area contributed by atoms with Crippen LogP contribution < -0.4 is 18.9 Å². The van der Waals surface area contributed by atoms with Gasteiger partial charge in [-0.25, -0.2) is 24.0 Å². The first-order valence-electron chi connectivity index (χ1n) is 17.8. The summed E-state index contributed by atoms with van der Waals surface area (Å²) in [5.41, 5.74) is 3.04. The lowest BCUT2D eigenvalue weighted by atomic mass is 9.89. The molecule has 11 nitrogen and oxygen atoms in total. The van der Waals surface area contributed by atoms with Crippen LogP contribution in [0, 0.1) is 5.41 Å². The van der Waals surface area contributed by atoms with Gasteiger partial charge in [0.2, 0.25) is 0 Å². The van der Waals surface area contributed by atoms with Gasteiger partial charge in [-0.05, 0) is 111 Å². The van der Waals surface area contributed by atoms with E-state index in [-0.39, 0.29) is 59.4 Å². The summed E-state index contributed by atoms with van der Waals surface area (Å²) in [4.78, 5) is 60.7. The zero-order valence-electron chi connectivity index (χ0n) is 32.3. The van der Waals surface area contributed by atoms with Crippen LogP contribution >= 0.6 is 0 Å². The van der Waals surface area contributed by atoms with Crippen LogP contribution in [0.4, 0.5) is 0 Å². The summed E-state index contributed by atoms with van der Waals surface area (Å²) in [5, 5.41) is 0. The van der Waals surface area contributed by atoms with E-state index < -0.39 is 35.3 Å². The largest absolute Gasteiger partial charge is 0.494 e. The van der Waals surface area contributed by atoms with Gasteiger partial charge in [0.1, 0.15) is 36.2 Å². The van der Waals surface area contributed by atoms with E-state index in [1.54, 1.807) is 19.9 Å². The summed E-state index contributed by atoms with van der Waals surface area (Å²) < 4.78 is 32.6. The van der Waals surface area contributed by atoms with Crippen LogP contribution in [0.15, 0.2) is 140 Å². The van der Waals surface area contributed by atoms with Crippen molar-refractivity contribution < 1.29 is 52.4 Å². The summed E-state index contributed by atoms with van der Waals surface area (Å²) >= 11 is 0. The molecular weight excluding hydrogens is 728 g/mol. The summed E-state index contributed by atoms with van der Waals surface area (Å²) in [6.45, 7) is 17.6. The first-order chi connectivity index (χ1) is 27.1. The first kappa shape index (κ1) is 42.7. The van der Waals surface area contributed by atoms with Crippen molar-refractivity contribution in [2.75, 3.05) is 19.8 Å². The van der Waals surface area contributed by atoms with E-state index in [9.17, 15) is 24.0 Å². The molecule has 0 aliphatic carbocycles. The second-order valence-electron chi connectivity index (χ2n) is 13.6. The molecule has 11 heteroatoms. The molecule has 0 aromatic heterocycles. The van der Waals surface area contributed by atoms with Crippen molar-refractivity contribution in [1.29, 1.82) is 0 Å². The third-order valence-corrected chi connectivity index (χ3v) is 8.19. The molecule has 0 saturated carbocycles. The lowest BCUT2D eigenvalue weighted by molar-refractivity contribution is -0.149. The van der Waals surface area contributed by atoms with E-state index in [1.165, 1.54) is 61.5 Å². The van der Waals surface area contributed by atoms with Gasteiger partial charge in [0, 0.05) is 28.2 Å². The molecule has 0 saturated heterocycles. The minimum absolute atomic E-state index is 0.0175. The Balaban J connectivity index is 1.24. The smallest absolute Gasteiger partial charge is 0.343 e. The Hall–Kier alpha value is -7.01. The SMILES string of the molecule is C=C(C)C(=O)OCC(C)(CCOc1ccc(-c2ccc(/C=C/C(=O)Oc3ccc(OC(=O)c4ccc(OC(=O)C(=C)C)cc4)cc3)cc2)cc1)COC(=O)C(=C)C. The van der Waals surface area contributed by atoms with Crippen LogP contribution in [-0.4, -0.2) is 49.7 Å². The highest BCUT2D eigenvalue weighted by atomic mass is 16.6. The Morgan fingerprint density at radius 1 is 0.561 bits per heavy atom. The van der Waals surface area contributed by atoms with E-state index in [0.29, 0.717) is 12.2 Å². The van der Waals surface area contributed by atoms with Crippen molar-refractivity contribution in [2.24, 2.45) is 5.41 Å². The molecular formula is C46H44O11. The molecule has 0 N–H and O–H groups in total. The van der Waals surface area contributed by atoms with E-state index in [0.717, 1.165) is 16.7 Å². The predicted octanol–water partition coefficient (Wildman–Crippen LogP) is 8.69. The molecule has 0 unspecified atom stereocenters. The van der Waals surface area contributed by atoms with Crippen LogP contribution in [-0.2, 0) is 28.7 Å². The highest BCUT2D eigenvalue weighted by molar-refractivity contribution is 5.92. The van der Waals surface area contributed by atoms with E-state index in [1.807, 2.05) is 55.5 Å². The molecule has 0 spiro atoms. The van der Waals surface area contributed by atoms with Gasteiger partial charge < -0.3 is 28.4 Å². The Morgan fingerprint density at radius 2 is 1.00 bits per heavy atom. The maximum atomic E-state index is 12.5. The molecule has 0 aliphatic rings. The number of esters is 5. The second kappa shape index (κ2) is 20.1. The van der Waals surface area contributed by atoms with E-state index in [2.05, 4.69) is 19.7 Å². The Labute approximate surface area is 331 Å². The van der Waals surface area contributed by atoms with Crippen molar-refractivity contribution in [3.8, 4) is 34.1 Å². The molecule has 0 aliphatic heterocycles. The second-order valence-corrected chi connectivity index (χ2v) is 13.6. The molecule has 0 radical (unpaired) electrons. The third-order valence-electron chi connectivity index (χ3n) is 8.19. The van der Waals surface area contributed by atoms with Gasteiger partial charge in [-0.1, -0.05) is 63.1 Å². The van der Waals surface area contributed by atoms with Gasteiger partial charge in [-0.2, -0.15) is 0 Å². The normalized spacial score (nSPS) is 10.9. The molecule has 0 bridgehead atoms. The fourth-order valence-corrected chi connectivity index (χ4v) is 4.77. The number of benzene rings is 4. The fraction of sp³-hybridized carbons (Fsp3) is 0.196. The number of hydrogen-bond donors (Lipinski definition) is 0. The highest BCUT2D eigenvalue weighted by Crippen LogP contribution is 2.27. The first-order valence-corrected chi connectivity index (χ1v) is 17.8. The van der Waals surface area contributed by atoms with Gasteiger partial charge in [0.15, 0.2) is 0 Å². The molecule has 0 heterocycles. The van der Waals surface area contributed by atoms with Crippen LogP contribution in [0.25, 0.3) is 17.2 Å². The van der Waals surface area contributed by atoms with Crippen molar-refractivity contribution in [3.63, 3.8) is 0 Å². The lowest BCUT2D eigenvalue weighted by Crippen LogP contribution is -2.33. The maximum absolute atomic E-state index is 12.5. The summed E-state index contributed by atoms with van der Waals surface area (Å²) in [7, 11) is 0. The molecule has 294 valence electrons. The Morgan fingerprint density at radius 3 is 1.51 bits per heavy atom. The zero-order valence-corrected chi connectivity index (χ0v) is 32.3. The van der Waals surface area contributed by atoms with Crippen molar-refractivity contribution in [2.45, 2.75) is 34.1 Å². The average molecular weight is 773 g/mol. The standard InChI is InChI=1S/C46H44O11/c1-30(2)42(48)53-28-46(7,29-54-43(49)31(3)4)26-27-52-37-17-13-35(14-18-37)34-11-8-33(9-12-34)10-25-41(47)55-38-21-23-40(24-22-38)57-45(51)36-15-19-39(20-16-36)56-44(50)32(5)6/h8-25H,1,3,5,26-29H2,2,4,6-7H3/b25-10+. The molecule has 4 aromatic rings. The van der Waals surface area contributed by atoms with Crippen LogP contribution in [0.2, 0.25) is 0 Å². The summed E-state index contributed by atoms with van der Waals surface area (Å²) in [6.07, 6.45) is 3.38. The zero-order chi connectivity index (χ0) is 41.5. The highest BCUT2D eigenvalue weighted by Gasteiger charge is 2.29. The topological polar surface area (TPSA) is 141 Å². The van der Waals surface area contributed by atoms with Gasteiger partial charge in [-0.15, -0.1) is 0 Å². The molecule has 0 atom stereocenters. The lowest BCUT2D eigenvalue weighted by Gasteiger charge is -2.28. The number of carbonyl (C=O) groups excluding carboxylic acids is 5. The van der Waals surface area contributed by atoms with Gasteiger partial charge in [0.25, 0.3) is 0 Å². The van der Waals surface area contributed by atoms with E-state index in [4.69, 9.17) is 28.4 Å². The molecule has 4 aromatic carbocycles. The Bertz CT molecular complexity index is 2110. The number of hydrogen-bond acceptors (Lipinski definition) is 11. The van der Waals surface area contributed by atoms with Crippen molar-refractivity contribution in [3.05, 3.63) is 151 Å². The number of carbonyl (C=O) groups is 5. The maximum Gasteiger partial charge on any atom is 0.343 e. The van der Waals surface area contributed by atoms with Crippen LogP contribution in [0.1, 0.15) is 50.0 Å². The van der Waals surface area contributed by atoms with Crippen molar-refractivity contribution in [1.82, 2.24) is 0 Å². The average Bonchev–Trinajstić information content (AvgIpc) is 3.19. The molecule has 4 rings (SSSR count). The molecule has 57 heavy (non-hydrogen) atoms. The Kier molecular flexibility index (Phi) is 15.0. The molecule has 0 amide bonds. The number of rotatable bonds is 18. The van der Waals surface area contributed by atoms with Gasteiger partial charge in [0.05, 0.1) is 12.2 Å². The number of ether oxygens (including phenoxy) is 6. The minimum atomic E-state index is -0.698. The quantitative estimate of drug-likeness (QED) is 0.0545. The molecule has 0 fully saturated rings. The summed E-state index contributed by atoms with van der Waals surface area (Å²) in [5.74, 6) is -1.40. The van der Waals surface area contributed by atoms with Crippen molar-refractivity contribution >= 4 is 35.9 Å². The minimum Gasteiger partial charge on any atom is -0.494 e. The van der Waals surface area contributed by atoms with Crippen LogP contribution in [0.5, 0.6) is 23.0 Å². The van der Waals surface area contributed by atoms with Gasteiger partial charge >= 0.3 is 29.8 Å².